The molecule has 1 fully saturated rings. The van der Waals surface area contributed by atoms with Crippen LogP contribution in [0.5, 0.6) is 0 Å². The number of hydrogen-bond acceptors (Lipinski definition) is 12. The Bertz CT molecular complexity index is 1600. The minimum atomic E-state index is -0.984. The molecule has 45 heavy (non-hydrogen) atoms. The fourth-order valence-corrected chi connectivity index (χ4v) is 7.18. The number of hydrazone groups is 1. The van der Waals surface area contributed by atoms with Crippen molar-refractivity contribution in [1.29, 1.82) is 0 Å². The number of morpholine rings is 1. The van der Waals surface area contributed by atoms with E-state index in [-0.39, 0.29) is 17.8 Å². The standard InChI is InChI=1S/C31H39ClN8O4S/c1-3-24(27-8-9-28(45-27)31(42)44-15-12-38-10-13-43-14-11-38)35-30(33-2)26-7-5-22-16-20(17-29(41)40(22)26)23-18-21(32)4-6-25(23)39-19-34-36-37-39/h3-4,6,8-9,16-19,26,30-31,33,35-37,42H,5,7,10-15H2,1-2H3/b24-3-/t26-,30?,31-/m0/s1. The maximum absolute atomic E-state index is 13.7. The summed E-state index contributed by atoms with van der Waals surface area (Å²) in [5.74, 6) is 0. The lowest BCUT2D eigenvalue weighted by molar-refractivity contribution is -0.107. The third kappa shape index (κ3) is 7.11. The van der Waals surface area contributed by atoms with E-state index in [4.69, 9.17) is 21.1 Å². The van der Waals surface area contributed by atoms with E-state index in [1.807, 2.05) is 54.9 Å². The van der Waals surface area contributed by atoms with Crippen molar-refractivity contribution in [2.75, 3.05) is 51.5 Å². The zero-order valence-corrected chi connectivity index (χ0v) is 26.9. The number of anilines is 1. The second-order valence-electron chi connectivity index (χ2n) is 11.0. The van der Waals surface area contributed by atoms with Gasteiger partial charge in [-0.1, -0.05) is 17.7 Å². The summed E-state index contributed by atoms with van der Waals surface area (Å²) in [6, 6.07) is 13.1. The fraction of sp³-hybridized carbons (Fsp3) is 0.419. The number of pyridine rings is 1. The van der Waals surface area contributed by atoms with E-state index >= 15 is 0 Å². The van der Waals surface area contributed by atoms with E-state index in [0.717, 1.165) is 83.6 Å². The van der Waals surface area contributed by atoms with Gasteiger partial charge in [0.2, 0.25) is 0 Å². The number of aryl methyl sites for hydroxylation is 1. The van der Waals surface area contributed by atoms with Crippen molar-refractivity contribution in [3.05, 3.63) is 79.4 Å². The molecular weight excluding hydrogens is 616 g/mol. The highest BCUT2D eigenvalue weighted by molar-refractivity contribution is 7.13. The number of hydrazine groups is 2. The van der Waals surface area contributed by atoms with Gasteiger partial charge in [0.05, 0.1) is 47.5 Å². The lowest BCUT2D eigenvalue weighted by atomic mass is 10.0. The lowest BCUT2D eigenvalue weighted by Gasteiger charge is -2.28. The van der Waals surface area contributed by atoms with Crippen LogP contribution >= 0.6 is 22.9 Å². The first-order valence-corrected chi connectivity index (χ1v) is 16.3. The number of benzene rings is 1. The molecule has 3 aromatic rings. The summed E-state index contributed by atoms with van der Waals surface area (Å²) in [5.41, 5.74) is 9.92. The van der Waals surface area contributed by atoms with Gasteiger partial charge in [0.15, 0.2) is 6.29 Å². The Labute approximate surface area is 271 Å². The Morgan fingerprint density at radius 1 is 1.27 bits per heavy atom. The molecule has 12 nitrogen and oxygen atoms in total. The number of aliphatic hydroxyl groups excluding tert-OH is 1. The van der Waals surface area contributed by atoms with E-state index in [1.54, 1.807) is 17.4 Å². The highest BCUT2D eigenvalue weighted by Gasteiger charge is 2.31. The molecule has 2 aromatic heterocycles. The number of hydrogen-bond donors (Lipinski definition) is 5. The first-order chi connectivity index (χ1) is 21.9. The van der Waals surface area contributed by atoms with Crippen LogP contribution in [-0.2, 0) is 15.9 Å². The summed E-state index contributed by atoms with van der Waals surface area (Å²) >= 11 is 7.86. The molecule has 1 aromatic carbocycles. The van der Waals surface area contributed by atoms with Crippen LogP contribution in [0.25, 0.3) is 16.8 Å². The largest absolute Gasteiger partial charge is 0.379 e. The highest BCUT2D eigenvalue weighted by Crippen LogP contribution is 2.36. The molecule has 14 heteroatoms. The van der Waals surface area contributed by atoms with Gasteiger partial charge in [-0.05, 0) is 68.8 Å². The molecule has 3 atom stereocenters. The van der Waals surface area contributed by atoms with Gasteiger partial charge in [0.1, 0.15) is 6.34 Å². The van der Waals surface area contributed by atoms with Gasteiger partial charge in [-0.3, -0.25) is 15.0 Å². The molecule has 240 valence electrons. The molecule has 5 N–H and O–H groups in total. The second-order valence-corrected chi connectivity index (χ2v) is 12.6. The number of ether oxygens (including phenoxy) is 2. The van der Waals surface area contributed by atoms with Gasteiger partial charge in [-0.15, -0.1) is 16.9 Å². The summed E-state index contributed by atoms with van der Waals surface area (Å²) in [5, 5.41) is 24.0. The van der Waals surface area contributed by atoms with Crippen molar-refractivity contribution in [3.8, 4) is 11.1 Å². The van der Waals surface area contributed by atoms with Gasteiger partial charge in [-0.2, -0.15) is 5.10 Å². The number of nitrogens with zero attached hydrogens (tertiary/aromatic N) is 4. The molecule has 3 aliphatic rings. The van der Waals surface area contributed by atoms with Gasteiger partial charge < -0.3 is 24.5 Å². The normalized spacial score (nSPS) is 19.9. The minimum Gasteiger partial charge on any atom is -0.379 e. The van der Waals surface area contributed by atoms with Crippen LogP contribution in [0.15, 0.2) is 58.4 Å². The molecular formula is C31H39ClN8O4S. The van der Waals surface area contributed by atoms with Crippen molar-refractivity contribution in [2.45, 2.75) is 38.3 Å². The number of allylic oxidation sites excluding steroid dienone is 1. The number of likely N-dealkylation sites (N-methyl/N-ethyl adjacent to an activating group) is 1. The predicted octanol–water partition coefficient (Wildman–Crippen LogP) is 3.03. The molecule has 1 saturated heterocycles. The van der Waals surface area contributed by atoms with E-state index in [9.17, 15) is 9.90 Å². The molecule has 0 spiro atoms. The number of thiophene rings is 1. The maximum Gasteiger partial charge on any atom is 0.251 e. The lowest BCUT2D eigenvalue weighted by Crippen LogP contribution is -2.47. The van der Waals surface area contributed by atoms with E-state index in [2.05, 4.69) is 37.8 Å². The van der Waals surface area contributed by atoms with Gasteiger partial charge in [0, 0.05) is 47.7 Å². The van der Waals surface area contributed by atoms with Crippen LogP contribution in [0.1, 0.15) is 41.1 Å². The summed E-state index contributed by atoms with van der Waals surface area (Å²) in [6.45, 7) is 6.43. The molecule has 3 aliphatic heterocycles. The molecule has 5 heterocycles. The number of nitrogens with one attached hydrogen (secondary N) is 4. The Hall–Kier alpha value is -3.27. The van der Waals surface area contributed by atoms with Crippen molar-refractivity contribution in [3.63, 3.8) is 0 Å². The molecule has 0 saturated carbocycles. The first-order valence-electron chi connectivity index (χ1n) is 15.1. The maximum atomic E-state index is 13.7. The van der Waals surface area contributed by atoms with E-state index < -0.39 is 6.29 Å². The van der Waals surface area contributed by atoms with Crippen LogP contribution in [0.4, 0.5) is 5.69 Å². The topological polar surface area (TPSA) is 128 Å². The van der Waals surface area contributed by atoms with Gasteiger partial charge >= 0.3 is 0 Å². The summed E-state index contributed by atoms with van der Waals surface area (Å²) < 4.78 is 13.0. The van der Waals surface area contributed by atoms with Crippen LogP contribution < -0.4 is 32.3 Å². The molecule has 0 bridgehead atoms. The van der Waals surface area contributed by atoms with E-state index in [0.29, 0.717) is 11.6 Å². The Morgan fingerprint density at radius 3 is 2.87 bits per heavy atom. The third-order valence-corrected chi connectivity index (χ3v) is 9.72. The van der Waals surface area contributed by atoms with E-state index in [1.165, 1.54) is 11.3 Å². The fourth-order valence-electron chi connectivity index (χ4n) is 6.03. The van der Waals surface area contributed by atoms with Gasteiger partial charge in [0.25, 0.3) is 5.56 Å². The summed E-state index contributed by atoms with van der Waals surface area (Å²) in [4.78, 5) is 17.7. The average molecular weight is 655 g/mol. The SMILES string of the molecule is C/C=C(\NC(NC)[C@@H]1CCc2cc(-c3cc(Cl)ccc3N3C=NNN3)cc(=O)n21)c1ccc([C@@H](O)OCCN2CCOCC2)s1. The zero-order chi connectivity index (χ0) is 31.3. The zero-order valence-electron chi connectivity index (χ0n) is 25.3. The smallest absolute Gasteiger partial charge is 0.251 e. The summed E-state index contributed by atoms with van der Waals surface area (Å²) in [6.07, 6.45) is 4.00. The average Bonchev–Trinajstić information content (AvgIpc) is 3.84. The molecule has 6 rings (SSSR count). The van der Waals surface area contributed by atoms with Gasteiger partial charge in [-0.25, -0.2) is 10.5 Å². The van der Waals surface area contributed by atoms with Crippen molar-refractivity contribution < 1.29 is 14.6 Å². The molecule has 0 radical (unpaired) electrons. The second kappa shape index (κ2) is 14.4. The predicted molar refractivity (Wildman–Crippen MR) is 178 cm³/mol. The van der Waals surface area contributed by atoms with Crippen molar-refractivity contribution >= 4 is 40.7 Å². The Kier molecular flexibility index (Phi) is 10.2. The first kappa shape index (κ1) is 31.7. The Balaban J connectivity index is 1.15. The number of aliphatic hydroxyl groups is 1. The number of aromatic nitrogens is 1. The minimum absolute atomic E-state index is 0.0723. The Morgan fingerprint density at radius 2 is 2.11 bits per heavy atom. The van der Waals surface area contributed by atoms with Crippen molar-refractivity contribution in [2.24, 2.45) is 5.10 Å². The quantitative estimate of drug-likeness (QED) is 0.186. The molecule has 1 unspecified atom stereocenters. The number of halogens is 1. The number of fused-ring (bicyclic) bond motifs is 1. The van der Waals surface area contributed by atoms with Crippen LogP contribution in [0, 0.1) is 0 Å². The van der Waals surface area contributed by atoms with Crippen LogP contribution in [-0.4, -0.2) is 73.6 Å². The monoisotopic (exact) mass is 654 g/mol. The highest BCUT2D eigenvalue weighted by atomic mass is 35.5. The summed E-state index contributed by atoms with van der Waals surface area (Å²) in [7, 11) is 1.89. The van der Waals surface area contributed by atoms with Crippen molar-refractivity contribution in [1.82, 2.24) is 31.2 Å². The van der Waals surface area contributed by atoms with Crippen LogP contribution in [0.2, 0.25) is 5.02 Å². The van der Waals surface area contributed by atoms with Crippen LogP contribution in [0.3, 0.4) is 0 Å². The molecule has 0 amide bonds. The third-order valence-electron chi connectivity index (χ3n) is 8.33. The molecule has 0 aliphatic carbocycles. The number of rotatable bonds is 12.